The Labute approximate surface area is 88.1 Å². The summed E-state index contributed by atoms with van der Waals surface area (Å²) in [5, 5.41) is 10.5. The molecule has 5 heteroatoms. The van der Waals surface area contributed by atoms with Crippen LogP contribution >= 0.6 is 0 Å². The molecule has 1 aromatic carbocycles. The lowest BCUT2D eigenvalue weighted by molar-refractivity contribution is -0.384. The summed E-state index contributed by atoms with van der Waals surface area (Å²) >= 11 is 0. The number of nitro benzene ring substituents is 1. The maximum absolute atomic E-state index is 10.5. The van der Waals surface area contributed by atoms with Gasteiger partial charge in [-0.3, -0.25) is 15.0 Å². The zero-order valence-corrected chi connectivity index (χ0v) is 8.59. The molecule has 0 N–H and O–H groups in total. The highest BCUT2D eigenvalue weighted by Crippen LogP contribution is 2.21. The molecule has 0 aromatic heterocycles. The standard InChI is InChI=1S/C10H13N3O2/c1-11-6-7-12(8-11)9-2-4-10(5-3-9)13(14)15/h2-5H,6-8H2,1H3. The number of nitro groups is 1. The Kier molecular flexibility index (Phi) is 2.55. The van der Waals surface area contributed by atoms with Crippen molar-refractivity contribution in [3.05, 3.63) is 34.4 Å². The minimum atomic E-state index is -0.375. The van der Waals surface area contributed by atoms with Crippen LogP contribution in [-0.2, 0) is 0 Å². The third kappa shape index (κ3) is 2.07. The minimum absolute atomic E-state index is 0.145. The molecule has 80 valence electrons. The largest absolute Gasteiger partial charge is 0.357 e. The maximum Gasteiger partial charge on any atom is 0.269 e. The van der Waals surface area contributed by atoms with Gasteiger partial charge >= 0.3 is 0 Å². The van der Waals surface area contributed by atoms with E-state index in [2.05, 4.69) is 16.8 Å². The first-order chi connectivity index (χ1) is 7.16. The summed E-state index contributed by atoms with van der Waals surface area (Å²) in [6, 6.07) is 6.70. The third-order valence-corrected chi connectivity index (χ3v) is 2.59. The molecule has 0 amide bonds. The fourth-order valence-electron chi connectivity index (χ4n) is 1.72. The van der Waals surface area contributed by atoms with Crippen molar-refractivity contribution >= 4 is 11.4 Å². The summed E-state index contributed by atoms with van der Waals surface area (Å²) < 4.78 is 0. The average molecular weight is 207 g/mol. The molecule has 0 unspecified atom stereocenters. The highest BCUT2D eigenvalue weighted by molar-refractivity contribution is 5.51. The zero-order valence-electron chi connectivity index (χ0n) is 8.59. The van der Waals surface area contributed by atoms with Crippen LogP contribution in [0.25, 0.3) is 0 Å². The normalized spacial score (nSPS) is 17.0. The molecule has 0 bridgehead atoms. The van der Waals surface area contributed by atoms with E-state index >= 15 is 0 Å². The van der Waals surface area contributed by atoms with Gasteiger partial charge in [0.2, 0.25) is 0 Å². The molecule has 0 saturated carbocycles. The van der Waals surface area contributed by atoms with Crippen LogP contribution in [0.4, 0.5) is 11.4 Å². The summed E-state index contributed by atoms with van der Waals surface area (Å²) in [6.45, 7) is 2.91. The predicted octanol–water partition coefficient (Wildman–Crippen LogP) is 1.30. The third-order valence-electron chi connectivity index (χ3n) is 2.59. The molecule has 1 heterocycles. The van der Waals surface area contributed by atoms with Crippen molar-refractivity contribution in [2.75, 3.05) is 31.7 Å². The van der Waals surface area contributed by atoms with Gasteiger partial charge in [-0.2, -0.15) is 0 Å². The maximum atomic E-state index is 10.5. The number of hydrogen-bond acceptors (Lipinski definition) is 4. The number of anilines is 1. The summed E-state index contributed by atoms with van der Waals surface area (Å²) in [7, 11) is 2.06. The smallest absolute Gasteiger partial charge is 0.269 e. The second kappa shape index (κ2) is 3.86. The van der Waals surface area contributed by atoms with Gasteiger partial charge in [-0.1, -0.05) is 0 Å². The zero-order chi connectivity index (χ0) is 10.8. The van der Waals surface area contributed by atoms with Gasteiger partial charge in [-0.05, 0) is 19.2 Å². The molecule has 0 atom stereocenters. The van der Waals surface area contributed by atoms with E-state index in [4.69, 9.17) is 0 Å². The Balaban J connectivity index is 2.13. The van der Waals surface area contributed by atoms with Crippen LogP contribution in [0.3, 0.4) is 0 Å². The molecule has 1 saturated heterocycles. The first-order valence-electron chi connectivity index (χ1n) is 4.85. The molecular weight excluding hydrogens is 194 g/mol. The van der Waals surface area contributed by atoms with E-state index in [1.165, 1.54) is 0 Å². The molecule has 0 aliphatic carbocycles. The number of likely N-dealkylation sites (N-methyl/N-ethyl adjacent to an activating group) is 1. The van der Waals surface area contributed by atoms with Crippen LogP contribution in [-0.4, -0.2) is 36.6 Å². The Morgan fingerprint density at radius 3 is 2.40 bits per heavy atom. The van der Waals surface area contributed by atoms with Crippen LogP contribution in [0.5, 0.6) is 0 Å². The molecule has 5 nitrogen and oxygen atoms in total. The number of hydrogen-bond donors (Lipinski definition) is 0. The van der Waals surface area contributed by atoms with Crippen LogP contribution < -0.4 is 4.90 Å². The lowest BCUT2D eigenvalue weighted by atomic mass is 10.2. The van der Waals surface area contributed by atoms with E-state index in [9.17, 15) is 10.1 Å². The molecule has 0 radical (unpaired) electrons. The molecule has 0 spiro atoms. The van der Waals surface area contributed by atoms with E-state index < -0.39 is 0 Å². The fourth-order valence-corrected chi connectivity index (χ4v) is 1.72. The van der Waals surface area contributed by atoms with Gasteiger partial charge in [0, 0.05) is 30.9 Å². The van der Waals surface area contributed by atoms with Crippen molar-refractivity contribution in [3.63, 3.8) is 0 Å². The molecule has 1 fully saturated rings. The van der Waals surface area contributed by atoms with E-state index in [1.807, 2.05) is 0 Å². The first kappa shape index (κ1) is 9.92. The van der Waals surface area contributed by atoms with Gasteiger partial charge in [0.05, 0.1) is 11.6 Å². The van der Waals surface area contributed by atoms with Gasteiger partial charge in [-0.25, -0.2) is 0 Å². The number of non-ortho nitro benzene ring substituents is 1. The second-order valence-electron chi connectivity index (χ2n) is 3.76. The average Bonchev–Trinajstić information content (AvgIpc) is 2.65. The van der Waals surface area contributed by atoms with Crippen LogP contribution in [0.2, 0.25) is 0 Å². The number of benzene rings is 1. The number of nitrogens with zero attached hydrogens (tertiary/aromatic N) is 3. The highest BCUT2D eigenvalue weighted by Gasteiger charge is 2.17. The predicted molar refractivity (Wildman–Crippen MR) is 57.9 cm³/mol. The van der Waals surface area contributed by atoms with Crippen molar-refractivity contribution < 1.29 is 4.92 Å². The first-order valence-corrected chi connectivity index (χ1v) is 4.85. The number of rotatable bonds is 2. The molecule has 1 aromatic rings. The van der Waals surface area contributed by atoms with Crippen LogP contribution in [0.1, 0.15) is 0 Å². The van der Waals surface area contributed by atoms with E-state index in [1.54, 1.807) is 24.3 Å². The Morgan fingerprint density at radius 1 is 1.27 bits per heavy atom. The van der Waals surface area contributed by atoms with Crippen molar-refractivity contribution in [2.45, 2.75) is 0 Å². The molecule has 2 rings (SSSR count). The summed E-state index contributed by atoms with van der Waals surface area (Å²) in [5.74, 6) is 0. The Bertz CT molecular complexity index is 363. The van der Waals surface area contributed by atoms with Gasteiger partial charge in [0.1, 0.15) is 0 Å². The molecule has 1 aliphatic rings. The van der Waals surface area contributed by atoms with E-state index in [-0.39, 0.29) is 10.6 Å². The van der Waals surface area contributed by atoms with Crippen molar-refractivity contribution in [1.82, 2.24) is 4.90 Å². The Hall–Kier alpha value is -1.62. The fraction of sp³-hybridized carbons (Fsp3) is 0.400. The van der Waals surface area contributed by atoms with Crippen LogP contribution in [0, 0.1) is 10.1 Å². The van der Waals surface area contributed by atoms with Crippen molar-refractivity contribution in [1.29, 1.82) is 0 Å². The lowest BCUT2D eigenvalue weighted by Gasteiger charge is -2.17. The lowest BCUT2D eigenvalue weighted by Crippen LogP contribution is -2.22. The van der Waals surface area contributed by atoms with Gasteiger partial charge < -0.3 is 4.90 Å². The van der Waals surface area contributed by atoms with Gasteiger partial charge in [0.15, 0.2) is 0 Å². The molecule has 1 aliphatic heterocycles. The topological polar surface area (TPSA) is 49.6 Å². The molecule has 15 heavy (non-hydrogen) atoms. The van der Waals surface area contributed by atoms with Crippen molar-refractivity contribution in [3.8, 4) is 0 Å². The van der Waals surface area contributed by atoms with Crippen LogP contribution in [0.15, 0.2) is 24.3 Å². The summed E-state index contributed by atoms with van der Waals surface area (Å²) in [5.41, 5.74) is 1.19. The summed E-state index contributed by atoms with van der Waals surface area (Å²) in [6.07, 6.45) is 0. The molecular formula is C10H13N3O2. The summed E-state index contributed by atoms with van der Waals surface area (Å²) in [4.78, 5) is 14.5. The van der Waals surface area contributed by atoms with Gasteiger partial charge in [-0.15, -0.1) is 0 Å². The second-order valence-corrected chi connectivity index (χ2v) is 3.76. The SMILES string of the molecule is CN1CCN(c2ccc([N+](=O)[O-])cc2)C1. The highest BCUT2D eigenvalue weighted by atomic mass is 16.6. The van der Waals surface area contributed by atoms with E-state index in [0.29, 0.717) is 0 Å². The quantitative estimate of drug-likeness (QED) is 0.542. The van der Waals surface area contributed by atoms with E-state index in [0.717, 1.165) is 25.4 Å². The Morgan fingerprint density at radius 2 is 1.93 bits per heavy atom. The van der Waals surface area contributed by atoms with Crippen molar-refractivity contribution in [2.24, 2.45) is 0 Å². The van der Waals surface area contributed by atoms with Gasteiger partial charge in [0.25, 0.3) is 5.69 Å². The monoisotopic (exact) mass is 207 g/mol. The minimum Gasteiger partial charge on any atom is -0.357 e.